The summed E-state index contributed by atoms with van der Waals surface area (Å²) in [6, 6.07) is 80.7. The predicted molar refractivity (Wildman–Crippen MR) is 534 cm³/mol. The monoisotopic (exact) mass is 1680 g/mol. The first-order valence-electron chi connectivity index (χ1n) is 45.8. The Hall–Kier alpha value is -12.5. The van der Waals surface area contributed by atoms with Gasteiger partial charge in [-0.1, -0.05) is 312 Å². The van der Waals surface area contributed by atoms with Crippen molar-refractivity contribution in [2.45, 2.75) is 192 Å². The maximum absolute atomic E-state index is 16.0. The van der Waals surface area contributed by atoms with Gasteiger partial charge in [0, 0.05) is 93.1 Å². The largest absolute Gasteiger partial charge is 0.336 e. The van der Waals surface area contributed by atoms with Crippen LogP contribution in [0, 0.1) is 43.3 Å². The molecule has 0 spiro atoms. The van der Waals surface area contributed by atoms with Crippen molar-refractivity contribution >= 4 is 88.5 Å². The predicted octanol–water partition coefficient (Wildman–Crippen LogP) is 29.3. The summed E-state index contributed by atoms with van der Waals surface area (Å²) in [4.78, 5) is 64.0. The zero-order valence-electron chi connectivity index (χ0n) is 79.7. The lowest BCUT2D eigenvalue weighted by Crippen LogP contribution is -2.28. The fraction of sp³-hybridized carbons (Fsp3) is 0.300. The summed E-state index contributed by atoms with van der Waals surface area (Å²) in [6.07, 6.45) is 17.7. The number of Topliss-reactive ketones (excluding diaryl/α,β-unsaturated/α-hetero) is 4. The minimum absolute atomic E-state index is 0.0286. The molecule has 0 atom stereocenters. The first-order chi connectivity index (χ1) is 60.1. The van der Waals surface area contributed by atoms with Gasteiger partial charge in [-0.15, -0.1) is 0 Å². The number of allylic oxidation sites excluding steroid dienone is 20. The van der Waals surface area contributed by atoms with E-state index in [9.17, 15) is 0 Å². The highest BCUT2D eigenvalue weighted by Gasteiger charge is 2.43. The third-order valence-electron chi connectivity index (χ3n) is 26.6. The molecule has 648 valence electrons. The third-order valence-corrected chi connectivity index (χ3v) is 26.6. The van der Waals surface area contributed by atoms with Crippen LogP contribution in [0.1, 0.15) is 234 Å². The van der Waals surface area contributed by atoms with Gasteiger partial charge in [0.15, 0.2) is 23.1 Å². The molecule has 8 heteroatoms. The number of carbonyl (C=O) groups excluding carboxylic acids is 4. The van der Waals surface area contributed by atoms with E-state index in [0.29, 0.717) is 70.8 Å². The lowest BCUT2D eigenvalue weighted by atomic mass is 9.71. The average Bonchev–Trinajstić information content (AvgIpc) is 1.55. The number of nitrogens with zero attached hydrogens (tertiary/aromatic N) is 4. The van der Waals surface area contributed by atoms with Crippen molar-refractivity contribution in [1.29, 1.82) is 0 Å². The number of fused-ring (bicyclic) bond motifs is 12. The Morgan fingerprint density at radius 1 is 0.180 bits per heavy atom. The maximum Gasteiger partial charge on any atom is 0.186 e. The number of aromatic nitrogens is 4. The van der Waals surface area contributed by atoms with Crippen LogP contribution < -0.4 is 0 Å². The normalized spacial score (nSPS) is 16.2. The van der Waals surface area contributed by atoms with Crippen molar-refractivity contribution in [2.24, 2.45) is 43.3 Å². The lowest BCUT2D eigenvalue weighted by molar-refractivity contribution is -0.114. The molecule has 8 nitrogen and oxygen atoms in total. The van der Waals surface area contributed by atoms with E-state index in [0.717, 1.165) is 155 Å². The van der Waals surface area contributed by atoms with Crippen molar-refractivity contribution in [3.8, 4) is 0 Å². The van der Waals surface area contributed by atoms with Crippen LogP contribution in [-0.2, 0) is 45.4 Å². The topological polar surface area (TPSA) is 88.0 Å². The van der Waals surface area contributed by atoms with Gasteiger partial charge in [-0.25, -0.2) is 0 Å². The zero-order valence-corrected chi connectivity index (χ0v) is 79.7. The van der Waals surface area contributed by atoms with Gasteiger partial charge in [-0.2, -0.15) is 0 Å². The van der Waals surface area contributed by atoms with E-state index >= 15 is 19.2 Å². The molecule has 0 saturated heterocycles. The molecule has 0 amide bonds. The Morgan fingerprint density at radius 2 is 0.320 bits per heavy atom. The smallest absolute Gasteiger partial charge is 0.186 e. The molecule has 0 N–H and O–H groups in total. The van der Waals surface area contributed by atoms with E-state index in [1.807, 2.05) is 0 Å². The van der Waals surface area contributed by atoms with Crippen LogP contribution in [0.5, 0.6) is 0 Å². The van der Waals surface area contributed by atoms with Gasteiger partial charge in [0.05, 0.1) is 45.6 Å². The molecule has 4 aromatic heterocycles. The van der Waals surface area contributed by atoms with Crippen LogP contribution in [0.2, 0.25) is 0 Å². The average molecular weight is 1690 g/mol. The maximum atomic E-state index is 16.0. The van der Waals surface area contributed by atoms with Crippen LogP contribution in [0.25, 0.3) is 65.4 Å². The summed E-state index contributed by atoms with van der Waals surface area (Å²) < 4.78 is 10.2. The van der Waals surface area contributed by atoms with Gasteiger partial charge in [-0.3, -0.25) is 19.2 Å². The van der Waals surface area contributed by atoms with Gasteiger partial charge < -0.3 is 18.3 Å². The molecular formula is C120H124N4O4. The van der Waals surface area contributed by atoms with Crippen LogP contribution in [-0.4, -0.2) is 41.4 Å². The molecule has 8 aromatic carbocycles. The number of hydrogen-bond acceptors (Lipinski definition) is 4. The second kappa shape index (κ2) is 31.8. The highest BCUT2D eigenvalue weighted by atomic mass is 16.1. The van der Waals surface area contributed by atoms with Crippen LogP contribution in [0.3, 0.4) is 0 Å². The summed E-state index contributed by atoms with van der Waals surface area (Å²) in [5.41, 5.74) is 19.4. The van der Waals surface area contributed by atoms with Crippen molar-refractivity contribution < 1.29 is 19.2 Å². The fourth-order valence-corrected chi connectivity index (χ4v) is 19.6. The van der Waals surface area contributed by atoms with Crippen LogP contribution in [0.4, 0.5) is 0 Å². The first kappa shape index (κ1) is 87.5. The van der Waals surface area contributed by atoms with Crippen molar-refractivity contribution in [2.75, 3.05) is 0 Å². The number of ketones is 4. The van der Waals surface area contributed by atoms with Gasteiger partial charge in [0.1, 0.15) is 0 Å². The Balaban J connectivity index is 1.17. The molecule has 17 rings (SSSR count). The minimum atomic E-state index is -0.616. The Morgan fingerprint density at radius 3 is 0.461 bits per heavy atom. The molecular weight excluding hydrogens is 1560 g/mol. The third kappa shape index (κ3) is 16.4. The number of benzene rings is 8. The van der Waals surface area contributed by atoms with Gasteiger partial charge in [0.2, 0.25) is 0 Å². The first-order valence-corrected chi connectivity index (χ1v) is 45.8. The van der Waals surface area contributed by atoms with Gasteiger partial charge in [0.25, 0.3) is 0 Å². The van der Waals surface area contributed by atoms with E-state index in [1.165, 1.54) is 0 Å². The molecule has 0 radical (unpaired) electrons. The minimum Gasteiger partial charge on any atom is -0.336 e. The quantitative estimate of drug-likeness (QED) is 0.152. The highest BCUT2D eigenvalue weighted by molar-refractivity contribution is 6.16. The molecule has 8 bridgehead atoms. The second-order valence-corrected chi connectivity index (χ2v) is 44.6. The Bertz CT molecular complexity index is 6060. The van der Waals surface area contributed by atoms with E-state index < -0.39 is 43.3 Å². The SMILES string of the molecule is CC(C)(C)C1=CC(=C2c3ccc(n3Cc3ccc4ccccc4c3)C(=C3C=C(C(C)(C)C)C(=O)C(C(C)(C)C)=C3)c3ccc(n3Cc3ccc4ccccc4c3)C(=C3C=C(C(C)(C)C)C(=O)C(C(C)(C)C)=C3)c3ccc(n3Cc3ccc4ccccc4c3)C(=C3C=C(C(C)(C)C)C(=O)C(C(C)(C)C)=C3)c3ccc2n3Cc2ccc3ccccc3c2)C=C(C(C)(C)C)C1=O. The Kier molecular flexibility index (Phi) is 21.7. The van der Waals surface area contributed by atoms with Crippen molar-refractivity contribution in [3.63, 3.8) is 0 Å². The summed E-state index contributed by atoms with van der Waals surface area (Å²) in [5.74, 6) is 0.114. The van der Waals surface area contributed by atoms with Gasteiger partial charge >= 0.3 is 0 Å². The molecule has 128 heavy (non-hydrogen) atoms. The number of rotatable bonds is 8. The van der Waals surface area contributed by atoms with Crippen LogP contribution in [0.15, 0.2) is 334 Å². The standard InChI is InChI=1S/C120H124N4O4/c1-113(2,3)89-61-85(62-90(109(89)125)114(4,5)6)105-97-49-51-99(121(97)69-73-41-45-77-33-25-29-37-81(77)57-73)106(86-63-91(115(7,8)9)110(126)92(64-86)116(10,11)12)101-53-55-103(123(101)71-75-43-47-79-35-27-31-39-83(79)59-75)108(88-67-95(119(19,20)21)112(128)96(68-88)120(22,23)24)104-56-54-102(124(104)72-76-44-48-80-36-28-32-40-84(80)60-76)107(87-65-93(117(13,14)15)111(127)94(66-87)118(16,17)18)100-52-50-98(105)122(100)70-74-42-46-78-34-26-30-38-82(78)58-74/h25-68H,69-72H2,1-24H3. The molecule has 5 aliphatic rings. The fourth-order valence-electron chi connectivity index (χ4n) is 19.6. The molecule has 5 heterocycles. The molecule has 0 unspecified atom stereocenters. The van der Waals surface area contributed by atoms with E-state index in [1.54, 1.807) is 0 Å². The molecule has 12 aromatic rings. The molecule has 4 aliphatic carbocycles. The molecule has 0 fully saturated rings. The lowest BCUT2D eigenvalue weighted by Gasteiger charge is -2.33. The highest BCUT2D eigenvalue weighted by Crippen LogP contribution is 2.52. The van der Waals surface area contributed by atoms with E-state index in [4.69, 9.17) is 0 Å². The summed E-state index contributed by atoms with van der Waals surface area (Å²) >= 11 is 0. The number of hydrogen-bond donors (Lipinski definition) is 0. The summed E-state index contributed by atoms with van der Waals surface area (Å²) in [5, 5.41) is 8.96. The molecule has 1 aliphatic heterocycles. The zero-order chi connectivity index (χ0) is 91.3. The summed E-state index contributed by atoms with van der Waals surface area (Å²) in [7, 11) is 0. The second-order valence-electron chi connectivity index (χ2n) is 44.6. The van der Waals surface area contributed by atoms with E-state index in [2.05, 4.69) is 451 Å². The molecule has 0 saturated carbocycles. The van der Waals surface area contributed by atoms with Crippen molar-refractivity contribution in [1.82, 2.24) is 18.3 Å². The summed E-state index contributed by atoms with van der Waals surface area (Å²) in [6.45, 7) is 53.5. The van der Waals surface area contributed by atoms with E-state index in [-0.39, 0.29) is 23.1 Å². The van der Waals surface area contributed by atoms with Gasteiger partial charge in [-0.05, 0) is 252 Å². The van der Waals surface area contributed by atoms with Crippen LogP contribution >= 0.6 is 0 Å². The Labute approximate surface area is 758 Å². The van der Waals surface area contributed by atoms with Crippen molar-refractivity contribution in [3.05, 3.63) is 402 Å². The number of carbonyl (C=O) groups is 4.